The molecule has 1 aliphatic rings. The van der Waals surface area contributed by atoms with Gasteiger partial charge in [0.2, 0.25) is 5.95 Å². The number of nitrogens with one attached hydrogen (secondary N) is 1. The van der Waals surface area contributed by atoms with Crippen molar-refractivity contribution in [2.75, 3.05) is 34.9 Å². The summed E-state index contributed by atoms with van der Waals surface area (Å²) in [6.07, 6.45) is 1.08. The van der Waals surface area contributed by atoms with E-state index in [1.54, 1.807) is 30.0 Å². The van der Waals surface area contributed by atoms with Gasteiger partial charge in [0.05, 0.1) is 39.6 Å². The summed E-state index contributed by atoms with van der Waals surface area (Å²) in [6.45, 7) is 0.0453. The van der Waals surface area contributed by atoms with Crippen molar-refractivity contribution in [2.45, 2.75) is 30.5 Å². The summed E-state index contributed by atoms with van der Waals surface area (Å²) < 4.78 is 25.9. The van der Waals surface area contributed by atoms with Gasteiger partial charge in [-0.2, -0.15) is 4.98 Å². The first-order chi connectivity index (χ1) is 22.3. The molecule has 46 heavy (non-hydrogen) atoms. The van der Waals surface area contributed by atoms with E-state index in [1.165, 1.54) is 6.33 Å². The summed E-state index contributed by atoms with van der Waals surface area (Å²) in [5, 5.41) is 11.2. The predicted molar refractivity (Wildman–Crippen MR) is 173 cm³/mol. The van der Waals surface area contributed by atoms with Gasteiger partial charge < -0.3 is 29.0 Å². The molecule has 2 aromatic heterocycles. The lowest BCUT2D eigenvalue weighted by Gasteiger charge is -2.37. The van der Waals surface area contributed by atoms with Gasteiger partial charge in [0.25, 0.3) is 5.56 Å². The Morgan fingerprint density at radius 3 is 2.20 bits per heavy atom. The number of methoxy groups -OCH3 is 2. The molecule has 5 aromatic rings. The molecule has 12 heteroatoms. The first-order valence-electron chi connectivity index (χ1n) is 14.8. The molecule has 0 aliphatic carbocycles. The van der Waals surface area contributed by atoms with Crippen LogP contribution in [-0.2, 0) is 15.1 Å². The Hall–Kier alpha value is -5.04. The van der Waals surface area contributed by atoms with Gasteiger partial charge in [-0.15, -0.1) is 0 Å². The average molecular weight is 625 g/mol. The van der Waals surface area contributed by atoms with Crippen molar-refractivity contribution in [1.29, 1.82) is 0 Å². The lowest BCUT2D eigenvalue weighted by Crippen LogP contribution is -2.38. The van der Waals surface area contributed by atoms with Crippen molar-refractivity contribution in [1.82, 2.24) is 24.4 Å². The van der Waals surface area contributed by atoms with E-state index in [9.17, 15) is 9.90 Å². The van der Waals surface area contributed by atoms with Crippen LogP contribution in [0.4, 0.5) is 5.95 Å². The van der Waals surface area contributed by atoms with Crippen LogP contribution in [-0.4, -0.2) is 83.0 Å². The number of hydrogen-bond donors (Lipinski definition) is 2. The van der Waals surface area contributed by atoms with Crippen molar-refractivity contribution in [3.63, 3.8) is 0 Å². The Balaban J connectivity index is 1.35. The summed E-state index contributed by atoms with van der Waals surface area (Å²) in [6, 6.07) is 25.4. The van der Waals surface area contributed by atoms with E-state index < -0.39 is 29.6 Å². The molecule has 12 nitrogen and oxygen atoms in total. The zero-order chi connectivity index (χ0) is 32.3. The van der Waals surface area contributed by atoms with Crippen LogP contribution >= 0.6 is 0 Å². The molecule has 0 bridgehead atoms. The van der Waals surface area contributed by atoms with E-state index in [0.29, 0.717) is 17.1 Å². The number of rotatable bonds is 11. The Labute approximate surface area is 265 Å². The van der Waals surface area contributed by atoms with Crippen molar-refractivity contribution in [3.05, 3.63) is 112 Å². The maximum Gasteiger partial charge on any atom is 0.280 e. The highest BCUT2D eigenvalue weighted by atomic mass is 16.6. The highest BCUT2D eigenvalue weighted by Crippen LogP contribution is 2.43. The minimum Gasteiger partial charge on any atom is -0.497 e. The summed E-state index contributed by atoms with van der Waals surface area (Å²) >= 11 is 0. The van der Waals surface area contributed by atoms with E-state index in [-0.39, 0.29) is 24.5 Å². The van der Waals surface area contributed by atoms with Gasteiger partial charge in [0, 0.05) is 20.5 Å². The number of benzene rings is 3. The third-order valence-corrected chi connectivity index (χ3v) is 7.98. The molecule has 3 aromatic carbocycles. The van der Waals surface area contributed by atoms with Crippen LogP contribution in [0.3, 0.4) is 0 Å². The molecule has 0 saturated carbocycles. The van der Waals surface area contributed by atoms with E-state index in [4.69, 9.17) is 18.9 Å². The summed E-state index contributed by atoms with van der Waals surface area (Å²) in [5.74, 6) is 1.57. The molecule has 0 unspecified atom stereocenters. The van der Waals surface area contributed by atoms with E-state index in [2.05, 4.69) is 19.9 Å². The summed E-state index contributed by atoms with van der Waals surface area (Å²) in [5.41, 5.74) is 1.60. The number of aliphatic hydroxyl groups excluding tert-OH is 1. The number of aromatic nitrogens is 4. The second-order valence-corrected chi connectivity index (χ2v) is 11.2. The highest BCUT2D eigenvalue weighted by molar-refractivity contribution is 5.71. The second-order valence-electron chi connectivity index (χ2n) is 11.2. The summed E-state index contributed by atoms with van der Waals surface area (Å²) in [4.78, 5) is 30.1. The second kappa shape index (κ2) is 13.1. The molecule has 6 rings (SSSR count). The number of fused-ring (bicyclic) bond motifs is 1. The third-order valence-electron chi connectivity index (χ3n) is 7.98. The predicted octanol–water partition coefficient (Wildman–Crippen LogP) is 4.02. The molecular formula is C34H36N6O6. The molecule has 2 N–H and O–H groups in total. The molecule has 3 atom stereocenters. The van der Waals surface area contributed by atoms with Crippen molar-refractivity contribution >= 4 is 23.5 Å². The van der Waals surface area contributed by atoms with Crippen LogP contribution in [0.1, 0.15) is 29.3 Å². The SMILES string of the molecule is COc1ccc(C(OC[C@H]2O[C@@H](n3cnc4c(=O)[nH]c(N=CN(C)C)nc43)C[C@@H]2O)(c2ccccc2)c2ccc(OC)cc2)cc1. The normalized spacial score (nSPS) is 18.3. The third kappa shape index (κ3) is 5.97. The molecule has 0 amide bonds. The summed E-state index contributed by atoms with van der Waals surface area (Å²) in [7, 11) is 6.88. The van der Waals surface area contributed by atoms with Crippen molar-refractivity contribution in [3.8, 4) is 11.5 Å². The largest absolute Gasteiger partial charge is 0.497 e. The Kier molecular flexibility index (Phi) is 8.84. The van der Waals surface area contributed by atoms with Crippen LogP contribution in [0, 0.1) is 0 Å². The Morgan fingerprint density at radius 1 is 1.00 bits per heavy atom. The van der Waals surface area contributed by atoms with Gasteiger partial charge in [0.1, 0.15) is 29.4 Å². The van der Waals surface area contributed by atoms with Gasteiger partial charge >= 0.3 is 0 Å². The standard InChI is InChI=1S/C34H36N6O6/c1-39(2)20-36-33-37-31-30(32(42)38-33)35-21-40(31)29-18-27(41)28(46-29)19-45-34(22-8-6-5-7-9-22,23-10-14-25(43-3)15-11-23)24-12-16-26(44-4)17-13-24/h5-17,20-21,27-29,41H,18-19H2,1-4H3,(H,37,38,42)/t27-,28+,29+/m0/s1. The van der Waals surface area contributed by atoms with Crippen molar-refractivity contribution in [2.24, 2.45) is 4.99 Å². The molecule has 1 fully saturated rings. The molecule has 0 spiro atoms. The molecule has 0 radical (unpaired) electrons. The number of ether oxygens (including phenoxy) is 4. The Bertz CT molecular complexity index is 1810. The average Bonchev–Trinajstić information content (AvgIpc) is 3.68. The maximum absolute atomic E-state index is 12.7. The van der Waals surface area contributed by atoms with Gasteiger partial charge in [-0.25, -0.2) is 9.98 Å². The molecule has 3 heterocycles. The molecule has 1 saturated heterocycles. The van der Waals surface area contributed by atoms with Crippen LogP contribution in [0.5, 0.6) is 11.5 Å². The first-order valence-corrected chi connectivity index (χ1v) is 14.8. The molecule has 238 valence electrons. The van der Waals surface area contributed by atoms with Gasteiger partial charge in [-0.05, 0) is 41.0 Å². The number of aliphatic hydroxyl groups is 1. The van der Waals surface area contributed by atoms with E-state index in [0.717, 1.165) is 16.7 Å². The fraction of sp³-hybridized carbons (Fsp3) is 0.294. The van der Waals surface area contributed by atoms with Crippen LogP contribution in [0.25, 0.3) is 11.2 Å². The lowest BCUT2D eigenvalue weighted by atomic mass is 9.80. The minimum absolute atomic E-state index is 0.0453. The van der Waals surface area contributed by atoms with Gasteiger partial charge in [0.15, 0.2) is 11.2 Å². The smallest absolute Gasteiger partial charge is 0.280 e. The van der Waals surface area contributed by atoms with Crippen molar-refractivity contribution < 1.29 is 24.1 Å². The minimum atomic E-state index is -1.07. The fourth-order valence-electron chi connectivity index (χ4n) is 5.67. The molecule has 1 aliphatic heterocycles. The number of H-pyrrole nitrogens is 1. The number of nitrogens with zero attached hydrogens (tertiary/aromatic N) is 5. The maximum atomic E-state index is 12.7. The zero-order valence-corrected chi connectivity index (χ0v) is 26.0. The quantitative estimate of drug-likeness (QED) is 0.127. The monoisotopic (exact) mass is 624 g/mol. The topological polar surface area (TPSA) is 136 Å². The molecular weight excluding hydrogens is 588 g/mol. The van der Waals surface area contributed by atoms with E-state index >= 15 is 0 Å². The van der Waals surface area contributed by atoms with Crippen LogP contribution in [0.2, 0.25) is 0 Å². The fourth-order valence-corrected chi connectivity index (χ4v) is 5.67. The number of hydrogen-bond acceptors (Lipinski definition) is 9. The Morgan fingerprint density at radius 2 is 1.61 bits per heavy atom. The van der Waals surface area contributed by atoms with Crippen LogP contribution in [0.15, 0.2) is 95.0 Å². The number of imidazole rings is 1. The van der Waals surface area contributed by atoms with Gasteiger partial charge in [-0.3, -0.25) is 14.3 Å². The first kappa shape index (κ1) is 31.0. The van der Waals surface area contributed by atoms with Gasteiger partial charge in [-0.1, -0.05) is 54.6 Å². The van der Waals surface area contributed by atoms with E-state index in [1.807, 2.05) is 93.0 Å². The highest BCUT2D eigenvalue weighted by Gasteiger charge is 2.42. The number of aliphatic imine (C=N–C) groups is 1. The number of aromatic amines is 1. The lowest BCUT2D eigenvalue weighted by molar-refractivity contribution is -0.0931. The zero-order valence-electron chi connectivity index (χ0n) is 26.0. The van der Waals surface area contributed by atoms with Crippen LogP contribution < -0.4 is 15.0 Å².